The van der Waals surface area contributed by atoms with Crippen LogP contribution in [0.1, 0.15) is 6.42 Å². The van der Waals surface area contributed by atoms with Crippen molar-refractivity contribution in [3.05, 3.63) is 48.3 Å². The predicted octanol–water partition coefficient (Wildman–Crippen LogP) is 2.08. The molecule has 8 nitrogen and oxygen atoms in total. The van der Waals surface area contributed by atoms with Gasteiger partial charge in [-0.05, 0) is 12.1 Å². The smallest absolute Gasteiger partial charge is 0.231 e. The van der Waals surface area contributed by atoms with Crippen LogP contribution in [0.2, 0.25) is 0 Å². The molecule has 0 spiro atoms. The number of halogens is 2. The van der Waals surface area contributed by atoms with E-state index in [1.807, 2.05) is 0 Å². The Morgan fingerprint density at radius 2 is 2.00 bits per heavy atom. The first kappa shape index (κ1) is 17.8. The average Bonchev–Trinajstić information content (AvgIpc) is 3.34. The van der Waals surface area contributed by atoms with Crippen molar-refractivity contribution < 1.29 is 18.4 Å². The van der Waals surface area contributed by atoms with Gasteiger partial charge in [0.05, 0.1) is 23.5 Å². The molecule has 3 aromatic rings. The van der Waals surface area contributed by atoms with E-state index in [0.29, 0.717) is 11.4 Å². The van der Waals surface area contributed by atoms with Crippen molar-refractivity contribution in [2.45, 2.75) is 6.42 Å². The maximum Gasteiger partial charge on any atom is 0.231 e. The van der Waals surface area contributed by atoms with Crippen molar-refractivity contribution >= 4 is 23.3 Å². The van der Waals surface area contributed by atoms with Gasteiger partial charge in [0.1, 0.15) is 11.6 Å². The van der Waals surface area contributed by atoms with Crippen LogP contribution in [-0.2, 0) is 16.6 Å². The van der Waals surface area contributed by atoms with Gasteiger partial charge in [0.2, 0.25) is 11.8 Å². The highest BCUT2D eigenvalue weighted by Gasteiger charge is 2.35. The van der Waals surface area contributed by atoms with Gasteiger partial charge in [-0.1, -0.05) is 0 Å². The molecule has 4 rings (SSSR count). The fourth-order valence-corrected chi connectivity index (χ4v) is 3.15. The lowest BCUT2D eigenvalue weighted by molar-refractivity contribution is -0.122. The monoisotopic (exact) mass is 386 g/mol. The summed E-state index contributed by atoms with van der Waals surface area (Å²) in [5.41, 5.74) is 1.26. The van der Waals surface area contributed by atoms with E-state index in [1.54, 1.807) is 24.1 Å². The fraction of sp³-hybridized carbons (Fsp3) is 0.222. The number of rotatable bonds is 4. The second kappa shape index (κ2) is 6.87. The van der Waals surface area contributed by atoms with E-state index >= 15 is 0 Å². The summed E-state index contributed by atoms with van der Waals surface area (Å²) in [5.74, 6) is -2.28. The SMILES string of the molecule is Cn1cc(N2CC(C(=O)Nc3cc(-c4cc(F)cc(F)c4)[nH]n3)CC2=O)cn1. The van der Waals surface area contributed by atoms with Crippen molar-refractivity contribution in [1.82, 2.24) is 20.0 Å². The highest BCUT2D eigenvalue weighted by atomic mass is 19.1. The lowest BCUT2D eigenvalue weighted by Gasteiger charge is -2.13. The molecule has 1 aliphatic heterocycles. The van der Waals surface area contributed by atoms with Gasteiger partial charge < -0.3 is 10.2 Å². The van der Waals surface area contributed by atoms with Gasteiger partial charge in [-0.25, -0.2) is 8.78 Å². The zero-order valence-electron chi connectivity index (χ0n) is 14.8. The summed E-state index contributed by atoms with van der Waals surface area (Å²) >= 11 is 0. The first-order valence-electron chi connectivity index (χ1n) is 8.51. The molecule has 1 atom stereocenters. The van der Waals surface area contributed by atoms with E-state index < -0.39 is 17.6 Å². The van der Waals surface area contributed by atoms with Crippen LogP contribution in [0.15, 0.2) is 36.7 Å². The van der Waals surface area contributed by atoms with Crippen LogP contribution in [0.5, 0.6) is 0 Å². The van der Waals surface area contributed by atoms with E-state index in [4.69, 9.17) is 0 Å². The number of H-pyrrole nitrogens is 1. The van der Waals surface area contributed by atoms with Crippen molar-refractivity contribution in [2.75, 3.05) is 16.8 Å². The molecule has 0 saturated carbocycles. The van der Waals surface area contributed by atoms with Crippen molar-refractivity contribution in [1.29, 1.82) is 0 Å². The minimum atomic E-state index is -0.713. The number of amides is 2. The molecule has 2 N–H and O–H groups in total. The molecule has 0 aliphatic carbocycles. The van der Waals surface area contributed by atoms with Crippen LogP contribution in [0.25, 0.3) is 11.3 Å². The van der Waals surface area contributed by atoms with Crippen LogP contribution in [0, 0.1) is 17.6 Å². The summed E-state index contributed by atoms with van der Waals surface area (Å²) in [6, 6.07) is 4.56. The lowest BCUT2D eigenvalue weighted by atomic mass is 10.1. The Morgan fingerprint density at radius 3 is 2.68 bits per heavy atom. The molecule has 1 aliphatic rings. The number of benzene rings is 1. The second-order valence-electron chi connectivity index (χ2n) is 6.59. The quantitative estimate of drug-likeness (QED) is 0.718. The van der Waals surface area contributed by atoms with Crippen molar-refractivity contribution in [3.63, 3.8) is 0 Å². The molecule has 1 fully saturated rings. The number of carbonyl (C=O) groups is 2. The van der Waals surface area contributed by atoms with E-state index in [0.717, 1.165) is 18.2 Å². The number of aromatic nitrogens is 4. The predicted molar refractivity (Wildman–Crippen MR) is 96.2 cm³/mol. The zero-order valence-corrected chi connectivity index (χ0v) is 14.8. The minimum Gasteiger partial charge on any atom is -0.309 e. The maximum absolute atomic E-state index is 13.4. The highest BCUT2D eigenvalue weighted by Crippen LogP contribution is 2.26. The Morgan fingerprint density at radius 1 is 1.25 bits per heavy atom. The molecule has 2 aromatic heterocycles. The van der Waals surface area contributed by atoms with Crippen LogP contribution in [0.3, 0.4) is 0 Å². The molecule has 2 amide bonds. The summed E-state index contributed by atoms with van der Waals surface area (Å²) in [6.07, 6.45) is 3.35. The Labute approximate surface area is 158 Å². The van der Waals surface area contributed by atoms with E-state index in [1.165, 1.54) is 11.0 Å². The Hall–Kier alpha value is -3.56. The number of carbonyl (C=O) groups excluding carboxylic acids is 2. The van der Waals surface area contributed by atoms with E-state index in [-0.39, 0.29) is 36.2 Å². The third-order valence-corrected chi connectivity index (χ3v) is 4.50. The van der Waals surface area contributed by atoms with Gasteiger partial charge in [-0.15, -0.1) is 0 Å². The Bertz CT molecular complexity index is 1040. The number of nitrogens with zero attached hydrogens (tertiary/aromatic N) is 4. The molecule has 1 unspecified atom stereocenters. The lowest BCUT2D eigenvalue weighted by Crippen LogP contribution is -2.28. The van der Waals surface area contributed by atoms with Crippen LogP contribution >= 0.6 is 0 Å². The standard InChI is InChI=1S/C18H16F2N6O2/c1-25-9-14(7-21-25)26-8-11(4-17(26)27)18(28)22-16-6-15(23-24-16)10-2-12(19)5-13(20)3-10/h2-3,5-7,9,11H,4,8H2,1H3,(H2,22,23,24,28). The number of aromatic amines is 1. The molecular weight excluding hydrogens is 370 g/mol. The van der Waals surface area contributed by atoms with Crippen LogP contribution in [0.4, 0.5) is 20.3 Å². The minimum absolute atomic E-state index is 0.0765. The molecule has 1 aromatic carbocycles. The van der Waals surface area contributed by atoms with E-state index in [9.17, 15) is 18.4 Å². The largest absolute Gasteiger partial charge is 0.309 e. The van der Waals surface area contributed by atoms with Gasteiger partial charge in [0.15, 0.2) is 5.82 Å². The summed E-state index contributed by atoms with van der Waals surface area (Å²) < 4.78 is 28.3. The van der Waals surface area contributed by atoms with Crippen molar-refractivity contribution in [3.8, 4) is 11.3 Å². The first-order valence-corrected chi connectivity index (χ1v) is 8.51. The Kier molecular flexibility index (Phi) is 4.38. The van der Waals surface area contributed by atoms with Crippen LogP contribution < -0.4 is 10.2 Å². The second-order valence-corrected chi connectivity index (χ2v) is 6.59. The third-order valence-electron chi connectivity index (χ3n) is 4.50. The molecule has 10 heteroatoms. The molecule has 144 valence electrons. The fourth-order valence-electron chi connectivity index (χ4n) is 3.15. The highest BCUT2D eigenvalue weighted by molar-refractivity contribution is 6.03. The topological polar surface area (TPSA) is 95.9 Å². The molecule has 1 saturated heterocycles. The molecule has 0 radical (unpaired) electrons. The van der Waals surface area contributed by atoms with E-state index in [2.05, 4.69) is 20.6 Å². The number of hydrogen-bond acceptors (Lipinski definition) is 4. The summed E-state index contributed by atoms with van der Waals surface area (Å²) in [7, 11) is 1.74. The van der Waals surface area contributed by atoms with Gasteiger partial charge in [-0.2, -0.15) is 10.2 Å². The zero-order chi connectivity index (χ0) is 19.8. The number of anilines is 2. The maximum atomic E-state index is 13.4. The average molecular weight is 386 g/mol. The summed E-state index contributed by atoms with van der Waals surface area (Å²) in [5, 5.41) is 13.2. The molecular formula is C18H16F2N6O2. The van der Waals surface area contributed by atoms with Gasteiger partial charge in [-0.3, -0.25) is 19.4 Å². The molecule has 0 bridgehead atoms. The Balaban J connectivity index is 1.44. The number of aryl methyl sites for hydroxylation is 1. The summed E-state index contributed by atoms with van der Waals surface area (Å²) in [4.78, 5) is 26.2. The molecule has 28 heavy (non-hydrogen) atoms. The molecule has 3 heterocycles. The third kappa shape index (κ3) is 3.48. The number of nitrogens with one attached hydrogen (secondary N) is 2. The first-order chi connectivity index (χ1) is 13.4. The van der Waals surface area contributed by atoms with Gasteiger partial charge in [0.25, 0.3) is 0 Å². The van der Waals surface area contributed by atoms with Crippen molar-refractivity contribution in [2.24, 2.45) is 13.0 Å². The van der Waals surface area contributed by atoms with Gasteiger partial charge in [0, 0.05) is 43.9 Å². The van der Waals surface area contributed by atoms with Crippen LogP contribution in [-0.4, -0.2) is 38.3 Å². The number of hydrogen-bond donors (Lipinski definition) is 2. The summed E-state index contributed by atoms with van der Waals surface area (Å²) in [6.45, 7) is 0.239. The van der Waals surface area contributed by atoms with Gasteiger partial charge >= 0.3 is 0 Å². The normalized spacial score (nSPS) is 16.6.